The summed E-state index contributed by atoms with van der Waals surface area (Å²) in [6, 6.07) is 5.38. The molecule has 0 aromatic heterocycles. The van der Waals surface area contributed by atoms with E-state index in [0.29, 0.717) is 5.56 Å². The van der Waals surface area contributed by atoms with Gasteiger partial charge in [0, 0.05) is 39.4 Å². The number of aliphatic carboxylic acids is 1. The SMILES string of the molecule is CC(=O)NCCNC(=O)CCC(=O)N(CC(=O)O)Cc1ccc(F)cc1. The zero-order valence-corrected chi connectivity index (χ0v) is 14.5. The zero-order chi connectivity index (χ0) is 19.5. The van der Waals surface area contributed by atoms with Crippen molar-refractivity contribution in [1.29, 1.82) is 0 Å². The zero-order valence-electron chi connectivity index (χ0n) is 14.5. The van der Waals surface area contributed by atoms with Crippen LogP contribution in [0.2, 0.25) is 0 Å². The van der Waals surface area contributed by atoms with Crippen LogP contribution in [0.25, 0.3) is 0 Å². The Hall–Kier alpha value is -2.97. The van der Waals surface area contributed by atoms with Crippen LogP contribution >= 0.6 is 0 Å². The van der Waals surface area contributed by atoms with Gasteiger partial charge < -0.3 is 20.6 Å². The number of carboxylic acid groups (broad SMARTS) is 1. The monoisotopic (exact) mass is 367 g/mol. The maximum atomic E-state index is 12.9. The van der Waals surface area contributed by atoms with Crippen molar-refractivity contribution < 1.29 is 28.7 Å². The topological polar surface area (TPSA) is 116 Å². The molecule has 142 valence electrons. The summed E-state index contributed by atoms with van der Waals surface area (Å²) in [5.74, 6) is -2.69. The molecule has 0 aliphatic rings. The first kappa shape index (κ1) is 21.1. The first-order valence-corrected chi connectivity index (χ1v) is 8.03. The van der Waals surface area contributed by atoms with Crippen LogP contribution < -0.4 is 10.6 Å². The summed E-state index contributed by atoms with van der Waals surface area (Å²) >= 11 is 0. The van der Waals surface area contributed by atoms with Gasteiger partial charge in [0.05, 0.1) is 0 Å². The van der Waals surface area contributed by atoms with Gasteiger partial charge in [0.15, 0.2) is 0 Å². The molecule has 0 unspecified atom stereocenters. The molecular formula is C17H22FN3O5. The average Bonchev–Trinajstić information content (AvgIpc) is 2.57. The van der Waals surface area contributed by atoms with E-state index in [2.05, 4.69) is 10.6 Å². The summed E-state index contributed by atoms with van der Waals surface area (Å²) in [4.78, 5) is 46.7. The van der Waals surface area contributed by atoms with Crippen molar-refractivity contribution in [3.05, 3.63) is 35.6 Å². The number of nitrogens with zero attached hydrogens (tertiary/aromatic N) is 1. The number of halogens is 1. The summed E-state index contributed by atoms with van der Waals surface area (Å²) in [5.41, 5.74) is 0.584. The van der Waals surface area contributed by atoms with Gasteiger partial charge in [0.2, 0.25) is 17.7 Å². The molecule has 0 spiro atoms. The summed E-state index contributed by atoms with van der Waals surface area (Å²) in [5, 5.41) is 14.0. The van der Waals surface area contributed by atoms with Crippen LogP contribution in [-0.2, 0) is 25.7 Å². The Bertz CT molecular complexity index is 648. The Kier molecular flexibility index (Phi) is 8.76. The molecule has 0 saturated heterocycles. The fourth-order valence-electron chi connectivity index (χ4n) is 2.11. The van der Waals surface area contributed by atoms with Crippen molar-refractivity contribution in [3.63, 3.8) is 0 Å². The Morgan fingerprint density at radius 1 is 1.04 bits per heavy atom. The highest BCUT2D eigenvalue weighted by Gasteiger charge is 2.18. The van der Waals surface area contributed by atoms with E-state index in [-0.39, 0.29) is 44.3 Å². The fourth-order valence-corrected chi connectivity index (χ4v) is 2.11. The molecule has 0 bridgehead atoms. The summed E-state index contributed by atoms with van der Waals surface area (Å²) < 4.78 is 12.9. The van der Waals surface area contributed by atoms with Gasteiger partial charge in [-0.05, 0) is 17.7 Å². The van der Waals surface area contributed by atoms with Gasteiger partial charge in [-0.3, -0.25) is 19.2 Å². The molecule has 9 heteroatoms. The van der Waals surface area contributed by atoms with Crippen LogP contribution in [0.3, 0.4) is 0 Å². The largest absolute Gasteiger partial charge is 0.480 e. The number of nitrogens with one attached hydrogen (secondary N) is 2. The van der Waals surface area contributed by atoms with E-state index in [0.717, 1.165) is 4.90 Å². The predicted molar refractivity (Wildman–Crippen MR) is 90.4 cm³/mol. The standard InChI is InChI=1S/C17H22FN3O5/c1-12(22)19-8-9-20-15(23)6-7-16(24)21(11-17(25)26)10-13-2-4-14(18)5-3-13/h2-5H,6-11H2,1H3,(H,19,22)(H,20,23)(H,25,26). The Morgan fingerprint density at radius 3 is 2.23 bits per heavy atom. The molecule has 1 rings (SSSR count). The van der Waals surface area contributed by atoms with Crippen molar-refractivity contribution in [1.82, 2.24) is 15.5 Å². The number of benzene rings is 1. The molecule has 1 aromatic rings. The smallest absolute Gasteiger partial charge is 0.323 e. The van der Waals surface area contributed by atoms with Crippen LogP contribution in [0.4, 0.5) is 4.39 Å². The fraction of sp³-hybridized carbons (Fsp3) is 0.412. The number of hydrogen-bond donors (Lipinski definition) is 3. The Morgan fingerprint density at radius 2 is 1.65 bits per heavy atom. The van der Waals surface area contributed by atoms with Gasteiger partial charge >= 0.3 is 5.97 Å². The van der Waals surface area contributed by atoms with Crippen molar-refractivity contribution in [2.75, 3.05) is 19.6 Å². The lowest BCUT2D eigenvalue weighted by Gasteiger charge is -2.21. The highest BCUT2D eigenvalue weighted by molar-refractivity contribution is 5.85. The molecular weight excluding hydrogens is 345 g/mol. The number of carbonyl (C=O) groups excluding carboxylic acids is 3. The quantitative estimate of drug-likeness (QED) is 0.514. The normalized spacial score (nSPS) is 10.1. The van der Waals surface area contributed by atoms with Crippen molar-refractivity contribution in [2.45, 2.75) is 26.3 Å². The van der Waals surface area contributed by atoms with Crippen molar-refractivity contribution in [2.24, 2.45) is 0 Å². The minimum absolute atomic E-state index is 0.00949. The van der Waals surface area contributed by atoms with Crippen molar-refractivity contribution >= 4 is 23.7 Å². The molecule has 0 saturated carbocycles. The third-order valence-corrected chi connectivity index (χ3v) is 3.35. The van der Waals surface area contributed by atoms with Crippen LogP contribution in [0.5, 0.6) is 0 Å². The third-order valence-electron chi connectivity index (χ3n) is 3.35. The van der Waals surface area contributed by atoms with E-state index < -0.39 is 24.2 Å². The maximum Gasteiger partial charge on any atom is 0.323 e. The molecule has 0 atom stereocenters. The first-order chi connectivity index (χ1) is 12.3. The second-order valence-electron chi connectivity index (χ2n) is 5.60. The van der Waals surface area contributed by atoms with E-state index in [9.17, 15) is 23.6 Å². The molecule has 0 aliphatic heterocycles. The highest BCUT2D eigenvalue weighted by Crippen LogP contribution is 2.09. The summed E-state index contributed by atoms with van der Waals surface area (Å²) in [6.45, 7) is 1.38. The van der Waals surface area contributed by atoms with E-state index in [1.54, 1.807) is 0 Å². The van der Waals surface area contributed by atoms with Gasteiger partial charge in [-0.25, -0.2) is 4.39 Å². The lowest BCUT2D eigenvalue weighted by molar-refractivity contribution is -0.145. The molecule has 0 fully saturated rings. The molecule has 0 heterocycles. The molecule has 26 heavy (non-hydrogen) atoms. The number of hydrogen-bond acceptors (Lipinski definition) is 4. The van der Waals surface area contributed by atoms with Gasteiger partial charge in [-0.1, -0.05) is 12.1 Å². The lowest BCUT2D eigenvalue weighted by Crippen LogP contribution is -2.37. The first-order valence-electron chi connectivity index (χ1n) is 8.03. The van der Waals surface area contributed by atoms with Crippen LogP contribution in [0, 0.1) is 5.82 Å². The molecule has 1 aromatic carbocycles. The number of amides is 3. The second-order valence-corrected chi connectivity index (χ2v) is 5.60. The number of carboxylic acids is 1. The van der Waals surface area contributed by atoms with Gasteiger partial charge in [0.1, 0.15) is 12.4 Å². The molecule has 3 amide bonds. The van der Waals surface area contributed by atoms with Crippen LogP contribution in [-0.4, -0.2) is 53.3 Å². The van der Waals surface area contributed by atoms with E-state index >= 15 is 0 Å². The average molecular weight is 367 g/mol. The molecule has 3 N–H and O–H groups in total. The Labute approximate surface area is 150 Å². The van der Waals surface area contributed by atoms with Crippen molar-refractivity contribution in [3.8, 4) is 0 Å². The number of carbonyl (C=O) groups is 4. The molecule has 0 aliphatic carbocycles. The minimum atomic E-state index is -1.18. The molecule has 8 nitrogen and oxygen atoms in total. The summed E-state index contributed by atoms with van der Waals surface area (Å²) in [6.07, 6.45) is -0.251. The van der Waals surface area contributed by atoms with Gasteiger partial charge in [-0.15, -0.1) is 0 Å². The van der Waals surface area contributed by atoms with E-state index in [1.807, 2.05) is 0 Å². The lowest BCUT2D eigenvalue weighted by atomic mass is 10.2. The van der Waals surface area contributed by atoms with Crippen LogP contribution in [0.15, 0.2) is 24.3 Å². The van der Waals surface area contributed by atoms with Gasteiger partial charge in [0.25, 0.3) is 0 Å². The van der Waals surface area contributed by atoms with E-state index in [4.69, 9.17) is 5.11 Å². The Balaban J connectivity index is 2.49. The second kappa shape index (κ2) is 10.8. The van der Waals surface area contributed by atoms with Crippen LogP contribution in [0.1, 0.15) is 25.3 Å². The predicted octanol–water partition coefficient (Wildman–Crippen LogP) is 0.271. The summed E-state index contributed by atoms with van der Waals surface area (Å²) in [7, 11) is 0. The molecule has 0 radical (unpaired) electrons. The van der Waals surface area contributed by atoms with E-state index in [1.165, 1.54) is 31.2 Å². The third kappa shape index (κ3) is 8.76. The number of rotatable bonds is 10. The minimum Gasteiger partial charge on any atom is -0.480 e. The highest BCUT2D eigenvalue weighted by atomic mass is 19.1. The van der Waals surface area contributed by atoms with Gasteiger partial charge in [-0.2, -0.15) is 0 Å². The maximum absolute atomic E-state index is 12.9.